The summed E-state index contributed by atoms with van der Waals surface area (Å²) >= 11 is 0. The third-order valence-corrected chi connectivity index (χ3v) is 4.72. The van der Waals surface area contributed by atoms with E-state index in [1.54, 1.807) is 6.33 Å². The third-order valence-electron chi connectivity index (χ3n) is 4.72. The van der Waals surface area contributed by atoms with Gasteiger partial charge in [0.05, 0.1) is 30.7 Å². The van der Waals surface area contributed by atoms with Gasteiger partial charge in [0.15, 0.2) is 0 Å². The molecule has 2 aromatic rings. The van der Waals surface area contributed by atoms with Gasteiger partial charge in [0, 0.05) is 32.3 Å². The second kappa shape index (κ2) is 8.33. The molecule has 7 nitrogen and oxygen atoms in total. The van der Waals surface area contributed by atoms with E-state index in [9.17, 15) is 0 Å². The summed E-state index contributed by atoms with van der Waals surface area (Å²) in [5, 5.41) is 6.78. The molecule has 3 heterocycles. The van der Waals surface area contributed by atoms with Crippen LogP contribution < -0.4 is 15.5 Å². The average molecular weight is 355 g/mol. The summed E-state index contributed by atoms with van der Waals surface area (Å²) in [4.78, 5) is 11.0. The molecule has 2 saturated heterocycles. The Morgan fingerprint density at radius 2 is 1.92 bits per heavy atom. The van der Waals surface area contributed by atoms with Crippen molar-refractivity contribution in [2.45, 2.75) is 18.9 Å². The van der Waals surface area contributed by atoms with Crippen LogP contribution in [0.5, 0.6) is 0 Å². The number of aromatic nitrogens is 2. The van der Waals surface area contributed by atoms with Crippen LogP contribution in [-0.4, -0.2) is 55.5 Å². The molecular weight excluding hydrogens is 330 g/mol. The maximum Gasteiger partial charge on any atom is 0.135 e. The second-order valence-corrected chi connectivity index (χ2v) is 6.55. The Bertz CT molecular complexity index is 715. The quantitative estimate of drug-likeness (QED) is 0.825. The number of hydrogen-bond donors (Lipinski definition) is 2. The molecule has 2 aliphatic rings. The van der Waals surface area contributed by atoms with E-state index in [4.69, 9.17) is 9.47 Å². The number of rotatable bonds is 6. The van der Waals surface area contributed by atoms with E-state index in [1.807, 2.05) is 12.1 Å². The van der Waals surface area contributed by atoms with Gasteiger partial charge in [-0.1, -0.05) is 12.1 Å². The van der Waals surface area contributed by atoms with Crippen molar-refractivity contribution in [2.24, 2.45) is 0 Å². The number of benzene rings is 1. The van der Waals surface area contributed by atoms with Gasteiger partial charge in [-0.15, -0.1) is 0 Å². The van der Waals surface area contributed by atoms with Gasteiger partial charge in [-0.2, -0.15) is 0 Å². The van der Waals surface area contributed by atoms with Gasteiger partial charge < -0.3 is 25.0 Å². The molecule has 0 bridgehead atoms. The normalized spacial score (nSPS) is 20.2. The van der Waals surface area contributed by atoms with Crippen LogP contribution >= 0.6 is 0 Å². The van der Waals surface area contributed by atoms with Gasteiger partial charge >= 0.3 is 0 Å². The first-order valence-corrected chi connectivity index (χ1v) is 9.25. The van der Waals surface area contributed by atoms with E-state index in [-0.39, 0.29) is 6.10 Å². The van der Waals surface area contributed by atoms with Crippen LogP contribution in [-0.2, 0) is 9.47 Å². The first-order valence-electron chi connectivity index (χ1n) is 9.25. The molecule has 0 aliphatic carbocycles. The van der Waals surface area contributed by atoms with Crippen molar-refractivity contribution in [3.8, 4) is 0 Å². The Balaban J connectivity index is 1.44. The number of morpholine rings is 1. The Kier molecular flexibility index (Phi) is 5.47. The zero-order valence-corrected chi connectivity index (χ0v) is 14.9. The molecule has 1 aromatic carbocycles. The van der Waals surface area contributed by atoms with E-state index >= 15 is 0 Å². The van der Waals surface area contributed by atoms with Gasteiger partial charge in [-0.05, 0) is 25.0 Å². The molecule has 0 amide bonds. The molecule has 1 unspecified atom stereocenters. The smallest absolute Gasteiger partial charge is 0.135 e. The van der Waals surface area contributed by atoms with Crippen LogP contribution in [0.25, 0.3) is 0 Å². The zero-order valence-electron chi connectivity index (χ0n) is 14.9. The first-order chi connectivity index (χ1) is 12.9. The highest BCUT2D eigenvalue weighted by Crippen LogP contribution is 2.29. The van der Waals surface area contributed by atoms with Gasteiger partial charge in [0.1, 0.15) is 18.0 Å². The number of para-hydroxylation sites is 2. The molecule has 1 atom stereocenters. The van der Waals surface area contributed by atoms with Crippen molar-refractivity contribution < 1.29 is 9.47 Å². The summed E-state index contributed by atoms with van der Waals surface area (Å²) in [5.41, 5.74) is 2.21. The SMILES string of the molecule is c1ccc(N2CCOCC2)c(Nc2cc(NCC3CCCO3)ncn2)c1. The minimum Gasteiger partial charge on any atom is -0.378 e. The molecule has 4 rings (SSSR count). The topological polar surface area (TPSA) is 71.5 Å². The fraction of sp³-hybridized carbons (Fsp3) is 0.474. The van der Waals surface area contributed by atoms with Crippen LogP contribution in [0.4, 0.5) is 23.0 Å². The third kappa shape index (κ3) is 4.23. The molecular formula is C19H25N5O2. The highest BCUT2D eigenvalue weighted by molar-refractivity contribution is 5.74. The van der Waals surface area contributed by atoms with E-state index in [1.165, 1.54) is 5.69 Å². The molecule has 0 saturated carbocycles. The zero-order chi connectivity index (χ0) is 17.6. The number of anilines is 4. The molecule has 0 spiro atoms. The van der Waals surface area contributed by atoms with Crippen molar-refractivity contribution in [1.82, 2.24) is 9.97 Å². The molecule has 2 aliphatic heterocycles. The summed E-state index contributed by atoms with van der Waals surface area (Å²) in [6.45, 7) is 4.97. The van der Waals surface area contributed by atoms with Crippen LogP contribution in [0, 0.1) is 0 Å². The lowest BCUT2D eigenvalue weighted by atomic mass is 10.2. The highest BCUT2D eigenvalue weighted by atomic mass is 16.5. The minimum absolute atomic E-state index is 0.281. The molecule has 7 heteroatoms. The maximum atomic E-state index is 5.65. The van der Waals surface area contributed by atoms with Gasteiger partial charge in [0.25, 0.3) is 0 Å². The first kappa shape index (κ1) is 17.1. The average Bonchev–Trinajstić information content (AvgIpc) is 3.22. The molecule has 2 N–H and O–H groups in total. The van der Waals surface area contributed by atoms with Crippen molar-refractivity contribution in [2.75, 3.05) is 55.0 Å². The molecule has 138 valence electrons. The van der Waals surface area contributed by atoms with Gasteiger partial charge in [0.2, 0.25) is 0 Å². The predicted molar refractivity (Wildman–Crippen MR) is 102 cm³/mol. The van der Waals surface area contributed by atoms with Crippen molar-refractivity contribution in [3.63, 3.8) is 0 Å². The molecule has 0 radical (unpaired) electrons. The number of nitrogens with zero attached hydrogens (tertiary/aromatic N) is 3. The number of ether oxygens (including phenoxy) is 2. The summed E-state index contributed by atoms with van der Waals surface area (Å²) < 4.78 is 11.1. The van der Waals surface area contributed by atoms with E-state index in [0.29, 0.717) is 0 Å². The van der Waals surface area contributed by atoms with E-state index in [0.717, 1.165) is 69.6 Å². The maximum absolute atomic E-state index is 5.65. The lowest BCUT2D eigenvalue weighted by Gasteiger charge is -2.30. The Morgan fingerprint density at radius 3 is 2.77 bits per heavy atom. The van der Waals surface area contributed by atoms with Crippen molar-refractivity contribution >= 4 is 23.0 Å². The molecule has 2 fully saturated rings. The van der Waals surface area contributed by atoms with Crippen molar-refractivity contribution in [1.29, 1.82) is 0 Å². The Hall–Kier alpha value is -2.38. The van der Waals surface area contributed by atoms with Gasteiger partial charge in [-0.25, -0.2) is 9.97 Å². The minimum atomic E-state index is 0.281. The molecule has 26 heavy (non-hydrogen) atoms. The van der Waals surface area contributed by atoms with Gasteiger partial charge in [-0.3, -0.25) is 0 Å². The summed E-state index contributed by atoms with van der Waals surface area (Å²) in [5.74, 6) is 1.58. The Labute approximate surface area is 153 Å². The van der Waals surface area contributed by atoms with Crippen LogP contribution in [0.1, 0.15) is 12.8 Å². The lowest BCUT2D eigenvalue weighted by molar-refractivity contribution is 0.120. The Morgan fingerprint density at radius 1 is 1.08 bits per heavy atom. The van der Waals surface area contributed by atoms with E-state index < -0.39 is 0 Å². The fourth-order valence-corrected chi connectivity index (χ4v) is 3.34. The number of hydrogen-bond acceptors (Lipinski definition) is 7. The monoisotopic (exact) mass is 355 g/mol. The second-order valence-electron chi connectivity index (χ2n) is 6.55. The van der Waals surface area contributed by atoms with E-state index in [2.05, 4.69) is 43.7 Å². The van der Waals surface area contributed by atoms with Crippen LogP contribution in [0.15, 0.2) is 36.7 Å². The summed E-state index contributed by atoms with van der Waals surface area (Å²) in [7, 11) is 0. The highest BCUT2D eigenvalue weighted by Gasteiger charge is 2.16. The lowest BCUT2D eigenvalue weighted by Crippen LogP contribution is -2.36. The largest absolute Gasteiger partial charge is 0.378 e. The predicted octanol–water partition coefficient (Wildman–Crippen LogP) is 2.65. The summed E-state index contributed by atoms with van der Waals surface area (Å²) in [6.07, 6.45) is 4.11. The molecule has 1 aromatic heterocycles. The van der Waals surface area contributed by atoms with Crippen molar-refractivity contribution in [3.05, 3.63) is 36.7 Å². The summed E-state index contributed by atoms with van der Waals surface area (Å²) in [6, 6.07) is 10.2. The fourth-order valence-electron chi connectivity index (χ4n) is 3.34. The van der Waals surface area contributed by atoms with Crippen LogP contribution in [0.2, 0.25) is 0 Å². The van der Waals surface area contributed by atoms with Crippen LogP contribution in [0.3, 0.4) is 0 Å². The standard InChI is InChI=1S/C19H25N5O2/c1-2-6-17(24-7-10-25-11-8-24)16(5-1)23-19-12-18(21-14-22-19)20-13-15-4-3-9-26-15/h1-2,5-6,12,14-15H,3-4,7-11,13H2,(H2,20,21,22,23). The number of nitrogens with one attached hydrogen (secondary N) is 2.